The van der Waals surface area contributed by atoms with Crippen molar-refractivity contribution < 1.29 is 26.8 Å². The van der Waals surface area contributed by atoms with Gasteiger partial charge in [-0.05, 0) is 37.1 Å². The number of halogens is 2. The third kappa shape index (κ3) is 5.33. The molecule has 2 heterocycles. The molecule has 0 spiro atoms. The van der Waals surface area contributed by atoms with Crippen LogP contribution in [0, 0.1) is 11.6 Å². The number of carbonyl (C=O) groups excluding carboxylic acids is 2. The number of hydrogen-bond acceptors (Lipinski definition) is 6. The first-order valence-electron chi connectivity index (χ1n) is 9.50. The monoisotopic (exact) mass is 453 g/mol. The highest BCUT2D eigenvalue weighted by Gasteiger charge is 2.28. The van der Waals surface area contributed by atoms with Gasteiger partial charge in [0.05, 0.1) is 11.9 Å². The van der Waals surface area contributed by atoms with E-state index in [1.165, 1.54) is 30.3 Å². The smallest absolute Gasteiger partial charge is 0.261 e. The van der Waals surface area contributed by atoms with Crippen molar-refractivity contribution >= 4 is 39.9 Å². The zero-order chi connectivity index (χ0) is 22.5. The summed E-state index contributed by atoms with van der Waals surface area (Å²) in [5.41, 5.74) is -1.21. The summed E-state index contributed by atoms with van der Waals surface area (Å²) in [7, 11) is -3.26. The normalized spacial score (nSPS) is 14.3. The molecule has 1 aromatic heterocycles. The molecule has 0 unspecified atom stereocenters. The molecule has 0 bridgehead atoms. The number of anilines is 3. The number of hydrogen-bond donors (Lipinski definition) is 3. The van der Waals surface area contributed by atoms with Crippen molar-refractivity contribution in [2.75, 3.05) is 28.1 Å². The average molecular weight is 453 g/mol. The summed E-state index contributed by atoms with van der Waals surface area (Å²) in [6.45, 7) is 2.10. The number of thiol groups is 1. The zero-order valence-electron chi connectivity index (χ0n) is 16.6. The highest BCUT2D eigenvalue weighted by molar-refractivity contribution is 7.73. The molecule has 166 valence electrons. The van der Waals surface area contributed by atoms with Gasteiger partial charge in [0.1, 0.15) is 22.9 Å². The number of carbonyl (C=O) groups is 2. The summed E-state index contributed by atoms with van der Waals surface area (Å²) in [6, 6.07) is 4.64. The Morgan fingerprint density at radius 3 is 2.35 bits per heavy atom. The van der Waals surface area contributed by atoms with Gasteiger partial charge < -0.3 is 10.6 Å². The molecule has 2 amide bonds. The molecular formula is C19H21F2N5O4S. The van der Waals surface area contributed by atoms with Crippen molar-refractivity contribution in [1.82, 2.24) is 9.99 Å². The molecule has 1 fully saturated rings. The van der Waals surface area contributed by atoms with E-state index in [0.717, 1.165) is 35.8 Å². The Morgan fingerprint density at radius 2 is 1.77 bits per heavy atom. The lowest BCUT2D eigenvalue weighted by atomic mass is 10.1. The number of amides is 2. The molecule has 31 heavy (non-hydrogen) atoms. The maximum atomic E-state index is 15.2. The molecule has 0 atom stereocenters. The van der Waals surface area contributed by atoms with E-state index in [1.54, 1.807) is 0 Å². The Bertz CT molecular complexity index is 1050. The Labute approximate surface area is 179 Å². The van der Waals surface area contributed by atoms with Crippen molar-refractivity contribution in [3.05, 3.63) is 47.7 Å². The van der Waals surface area contributed by atoms with Gasteiger partial charge in [-0.2, -0.15) is 4.41 Å². The van der Waals surface area contributed by atoms with Gasteiger partial charge in [-0.15, -0.1) is 0 Å². The summed E-state index contributed by atoms with van der Waals surface area (Å²) < 4.78 is 53.9. The van der Waals surface area contributed by atoms with Crippen LogP contribution in [-0.4, -0.2) is 43.3 Å². The van der Waals surface area contributed by atoms with E-state index >= 15 is 4.39 Å². The van der Waals surface area contributed by atoms with Crippen molar-refractivity contribution in [3.8, 4) is 0 Å². The Hall–Kier alpha value is -3.12. The summed E-state index contributed by atoms with van der Waals surface area (Å²) in [4.78, 5) is 27.5. The maximum Gasteiger partial charge on any atom is 0.261 e. The van der Waals surface area contributed by atoms with E-state index in [0.29, 0.717) is 13.1 Å². The largest absolute Gasteiger partial charge is 0.320 e. The number of benzene rings is 1. The number of hydrazine groups is 1. The highest BCUT2D eigenvalue weighted by Crippen LogP contribution is 2.28. The predicted octanol–water partition coefficient (Wildman–Crippen LogP) is 2.30. The summed E-state index contributed by atoms with van der Waals surface area (Å²) in [5, 5.41) is 6.22. The number of nitrogens with one attached hydrogen (secondary N) is 2. The lowest BCUT2D eigenvalue weighted by molar-refractivity contribution is -0.114. The topological polar surface area (TPSA) is 112 Å². The van der Waals surface area contributed by atoms with E-state index < -0.39 is 39.7 Å². The van der Waals surface area contributed by atoms with Crippen LogP contribution in [0.3, 0.4) is 0 Å². The third-order valence-electron chi connectivity index (χ3n) is 4.59. The average Bonchev–Trinajstić information content (AvgIpc) is 2.71. The number of rotatable bonds is 6. The van der Waals surface area contributed by atoms with E-state index in [2.05, 4.69) is 15.6 Å². The predicted molar refractivity (Wildman–Crippen MR) is 111 cm³/mol. The van der Waals surface area contributed by atoms with Gasteiger partial charge in [0.15, 0.2) is 5.82 Å². The van der Waals surface area contributed by atoms with Gasteiger partial charge in [0.25, 0.3) is 5.91 Å². The van der Waals surface area contributed by atoms with E-state index in [9.17, 15) is 22.4 Å². The molecular weight excluding hydrogens is 432 g/mol. The van der Waals surface area contributed by atoms with Gasteiger partial charge in [-0.3, -0.25) is 9.59 Å². The van der Waals surface area contributed by atoms with Crippen LogP contribution >= 0.6 is 0 Å². The molecule has 2 aromatic rings. The van der Waals surface area contributed by atoms with Crippen molar-refractivity contribution in [3.63, 3.8) is 0 Å². The van der Waals surface area contributed by atoms with Crippen LogP contribution in [0.2, 0.25) is 0 Å². The Balaban J connectivity index is 1.88. The Morgan fingerprint density at radius 1 is 1.06 bits per heavy atom. The third-order valence-corrected chi connectivity index (χ3v) is 5.37. The maximum absolute atomic E-state index is 15.2. The fraction of sp³-hybridized carbons (Fsp3) is 0.316. The minimum atomic E-state index is -3.26. The molecule has 1 saturated heterocycles. The zero-order valence-corrected chi connectivity index (χ0v) is 17.5. The molecule has 1 aliphatic rings. The van der Waals surface area contributed by atoms with Crippen LogP contribution in [0.5, 0.6) is 0 Å². The second-order valence-corrected chi connectivity index (χ2v) is 7.72. The SMILES string of the molecule is CC(=O)Nc1ccc(NC(=O)c2c(F)ccc(N(N3CCCCC3)[SH](=O)=O)c2F)cn1. The first kappa shape index (κ1) is 22.6. The molecule has 9 nitrogen and oxygen atoms in total. The van der Waals surface area contributed by atoms with E-state index in [-0.39, 0.29) is 17.4 Å². The fourth-order valence-electron chi connectivity index (χ4n) is 3.23. The van der Waals surface area contributed by atoms with Crippen molar-refractivity contribution in [1.29, 1.82) is 0 Å². The standard InChI is InChI=1S/C19H21F2N5O4S/c1-12(27)23-16-8-5-13(11-22-16)24-19(28)17-14(20)6-7-15(18(17)21)26(31(29)30)25-9-3-2-4-10-25/h5-8,11,31H,2-4,9-10H2,1H3,(H,24,28)(H,22,23,27). The molecule has 0 saturated carbocycles. The second kappa shape index (κ2) is 9.79. The Kier molecular flexibility index (Phi) is 7.13. The van der Waals surface area contributed by atoms with Crippen LogP contribution < -0.4 is 15.0 Å². The van der Waals surface area contributed by atoms with Crippen LogP contribution in [0.15, 0.2) is 30.5 Å². The van der Waals surface area contributed by atoms with Crippen molar-refractivity contribution in [2.45, 2.75) is 26.2 Å². The molecule has 2 N–H and O–H groups in total. The number of pyridine rings is 1. The summed E-state index contributed by atoms with van der Waals surface area (Å²) >= 11 is 0. The van der Waals surface area contributed by atoms with E-state index in [1.807, 2.05) is 0 Å². The quantitative estimate of drug-likeness (QED) is 0.579. The first-order chi connectivity index (χ1) is 14.8. The van der Waals surface area contributed by atoms with Gasteiger partial charge >= 0.3 is 0 Å². The molecule has 0 aliphatic carbocycles. The molecule has 0 radical (unpaired) electrons. The van der Waals surface area contributed by atoms with Gasteiger partial charge in [-0.1, -0.05) is 6.42 Å². The van der Waals surface area contributed by atoms with Gasteiger partial charge in [-0.25, -0.2) is 27.2 Å². The molecule has 12 heteroatoms. The molecule has 1 aromatic carbocycles. The minimum Gasteiger partial charge on any atom is -0.320 e. The molecule has 1 aliphatic heterocycles. The van der Waals surface area contributed by atoms with Crippen LogP contribution in [0.25, 0.3) is 0 Å². The minimum absolute atomic E-state index is 0.131. The van der Waals surface area contributed by atoms with Crippen LogP contribution in [0.1, 0.15) is 36.5 Å². The summed E-state index contributed by atoms with van der Waals surface area (Å²) in [5.74, 6) is -3.63. The van der Waals surface area contributed by atoms with Crippen LogP contribution in [0.4, 0.5) is 26.0 Å². The lowest BCUT2D eigenvalue weighted by Crippen LogP contribution is -2.45. The highest BCUT2D eigenvalue weighted by atomic mass is 32.2. The van der Waals surface area contributed by atoms with Crippen LogP contribution in [-0.2, 0) is 15.7 Å². The van der Waals surface area contributed by atoms with Gasteiger partial charge in [0, 0.05) is 20.0 Å². The first-order valence-corrected chi connectivity index (χ1v) is 10.6. The van der Waals surface area contributed by atoms with Gasteiger partial charge in [0.2, 0.25) is 16.8 Å². The fourth-order valence-corrected chi connectivity index (χ4v) is 3.95. The lowest BCUT2D eigenvalue weighted by Gasteiger charge is -2.34. The number of aromatic nitrogens is 1. The summed E-state index contributed by atoms with van der Waals surface area (Å²) in [6.07, 6.45) is 3.60. The molecule has 3 rings (SSSR count). The second-order valence-electron chi connectivity index (χ2n) is 6.86. The van der Waals surface area contributed by atoms with Crippen molar-refractivity contribution in [2.24, 2.45) is 0 Å². The van der Waals surface area contributed by atoms with E-state index in [4.69, 9.17) is 0 Å². The number of piperidine rings is 1. The number of nitrogens with zero attached hydrogens (tertiary/aromatic N) is 3.